The summed E-state index contributed by atoms with van der Waals surface area (Å²) in [5.41, 5.74) is -5.17. The highest BCUT2D eigenvalue weighted by Crippen LogP contribution is 2.67. The number of fused-ring (bicyclic) bond motifs is 6. The van der Waals surface area contributed by atoms with Crippen LogP contribution < -0.4 is 0 Å². The lowest BCUT2D eigenvalue weighted by Crippen LogP contribution is -2.74. The number of carbonyl (C=O) groups excluding carboxylic acids is 6. The van der Waals surface area contributed by atoms with Crippen LogP contribution in [0.15, 0.2) is 4.99 Å². The monoisotopic (exact) mass is 1260 g/mol. The van der Waals surface area contributed by atoms with Gasteiger partial charge in [0, 0.05) is 60.0 Å². The second kappa shape index (κ2) is 24.1. The summed E-state index contributed by atoms with van der Waals surface area (Å²) in [5.74, 6) is -8.25. The molecular weight excluding hydrogens is 1170 g/mol. The standard InChI is InChI=1S/C64H93NO24/c1-33(2)65-61(80-50(71)22-21-48(69)75-52-38(7)44-16-14-35(4)41-25-29-59(11)82-55(78-52)63(41,44)88-85-59,31-72-45(66)17-19-47(68)74-51-37(6)43-15-13-34(3)40-24-28-58(10)81-54(77-51)62(40,43)87-84-58)32-73-46(67)18-20-49(70)76-53-39(8)57(9)27-23-36(5)42-26-30-60(12)83-56(79-53)64(42,57)89-86-60/h34-44,51-56H,13-32H2,1-12H3/t34-,35-,36-,37-,38-,39+,40+,41+,42+,43+,44+,51-,52-,53-,54?,55-,56?,57+,58-,59+,60-,61?,62-,63-,64+/m1/s1. The Hall–Kier alpha value is -3.99. The number of hydrogen-bond acceptors (Lipinski definition) is 25. The largest absolute Gasteiger partial charge is 0.459 e. The molecule has 0 radical (unpaired) electrons. The van der Waals surface area contributed by atoms with Crippen LogP contribution in [0.3, 0.4) is 0 Å². The van der Waals surface area contributed by atoms with E-state index in [0.717, 1.165) is 57.8 Å². The van der Waals surface area contributed by atoms with E-state index in [-0.39, 0.29) is 47.3 Å². The molecule has 498 valence electrons. The van der Waals surface area contributed by atoms with Crippen molar-refractivity contribution in [1.82, 2.24) is 0 Å². The molecule has 3 spiro atoms. The van der Waals surface area contributed by atoms with Gasteiger partial charge in [0.15, 0.2) is 48.9 Å². The molecule has 0 amide bonds. The van der Waals surface area contributed by atoms with Crippen molar-refractivity contribution >= 4 is 41.5 Å². The van der Waals surface area contributed by atoms with Crippen LogP contribution in [0.25, 0.3) is 0 Å². The molecule has 12 aliphatic heterocycles. The highest BCUT2D eigenvalue weighted by molar-refractivity contribution is 5.81. The molecule has 0 aromatic rings. The van der Waals surface area contributed by atoms with Crippen molar-refractivity contribution in [3.8, 4) is 0 Å². The molecule has 0 aromatic heterocycles. The van der Waals surface area contributed by atoms with E-state index in [4.69, 9.17) is 86.2 Å². The zero-order valence-electron chi connectivity index (χ0n) is 53.7. The van der Waals surface area contributed by atoms with Gasteiger partial charge < -0.3 is 56.8 Å². The third-order valence-corrected chi connectivity index (χ3v) is 23.1. The van der Waals surface area contributed by atoms with E-state index in [1.54, 1.807) is 34.6 Å². The molecule has 3 saturated carbocycles. The van der Waals surface area contributed by atoms with Crippen molar-refractivity contribution < 1.29 is 115 Å². The predicted octanol–water partition coefficient (Wildman–Crippen LogP) is 8.78. The lowest BCUT2D eigenvalue weighted by atomic mass is 9.50. The van der Waals surface area contributed by atoms with E-state index in [1.165, 1.54) is 0 Å². The summed E-state index contributed by atoms with van der Waals surface area (Å²) in [6.45, 7) is 21.5. The third-order valence-electron chi connectivity index (χ3n) is 23.1. The van der Waals surface area contributed by atoms with Gasteiger partial charge in [-0.15, -0.1) is 0 Å². The maximum Gasteiger partial charge on any atom is 0.308 e. The fourth-order valence-corrected chi connectivity index (χ4v) is 17.9. The molecule has 6 bridgehead atoms. The van der Waals surface area contributed by atoms with Crippen LogP contribution in [0.1, 0.15) is 199 Å². The van der Waals surface area contributed by atoms with E-state index in [2.05, 4.69) is 32.7 Å². The Bertz CT molecular complexity index is 2760. The quantitative estimate of drug-likeness (QED) is 0.0536. The van der Waals surface area contributed by atoms with Crippen molar-refractivity contribution in [2.24, 2.45) is 75.5 Å². The first-order chi connectivity index (χ1) is 42.1. The maximum atomic E-state index is 14.0. The fraction of sp³-hybridized carbons (Fsp3) is 0.891. The van der Waals surface area contributed by atoms with Crippen LogP contribution in [-0.4, -0.2) is 132 Å². The van der Waals surface area contributed by atoms with Gasteiger partial charge in [0.05, 0.1) is 38.5 Å². The summed E-state index contributed by atoms with van der Waals surface area (Å²) < 4.78 is 73.9. The van der Waals surface area contributed by atoms with Crippen molar-refractivity contribution in [3.05, 3.63) is 0 Å². The summed E-state index contributed by atoms with van der Waals surface area (Å²) in [6.07, 6.45) is 0.813. The molecule has 25 heteroatoms. The Morgan fingerprint density at radius 2 is 0.843 bits per heavy atom. The molecule has 12 saturated heterocycles. The first-order valence-corrected chi connectivity index (χ1v) is 32.8. The number of hydrogen-bond donors (Lipinski definition) is 0. The minimum Gasteiger partial charge on any atom is -0.459 e. The molecule has 12 heterocycles. The molecule has 25 atom stereocenters. The number of nitrogens with zero attached hydrogens (tertiary/aromatic N) is 1. The molecule has 0 N–H and O–H groups in total. The molecule has 3 unspecified atom stereocenters. The Morgan fingerprint density at radius 1 is 0.438 bits per heavy atom. The van der Waals surface area contributed by atoms with Gasteiger partial charge in [-0.1, -0.05) is 48.5 Å². The number of carbonyl (C=O) groups is 6. The fourth-order valence-electron chi connectivity index (χ4n) is 17.9. The minimum atomic E-state index is -2.21. The minimum absolute atomic E-state index is 0.0684. The molecule has 15 fully saturated rings. The maximum absolute atomic E-state index is 14.0. The van der Waals surface area contributed by atoms with Gasteiger partial charge in [0.1, 0.15) is 0 Å². The zero-order valence-corrected chi connectivity index (χ0v) is 53.7. The van der Waals surface area contributed by atoms with Gasteiger partial charge in [-0.25, -0.2) is 34.3 Å². The average Bonchev–Trinajstić information content (AvgIpc) is 1.71. The van der Waals surface area contributed by atoms with Crippen LogP contribution >= 0.6 is 0 Å². The summed E-state index contributed by atoms with van der Waals surface area (Å²) in [5, 5.41) is 0. The summed E-state index contributed by atoms with van der Waals surface area (Å²) in [4.78, 5) is 124. The van der Waals surface area contributed by atoms with Gasteiger partial charge in [-0.2, -0.15) is 0 Å². The van der Waals surface area contributed by atoms with E-state index in [1.807, 2.05) is 20.8 Å². The van der Waals surface area contributed by atoms with Crippen LogP contribution in [0.4, 0.5) is 0 Å². The number of rotatable bonds is 18. The molecule has 3 aliphatic carbocycles. The van der Waals surface area contributed by atoms with Crippen molar-refractivity contribution in [2.75, 3.05) is 13.2 Å². The molecule has 0 aromatic carbocycles. The molecule has 15 aliphatic rings. The number of esters is 6. The second-order valence-electron chi connectivity index (χ2n) is 29.2. The van der Waals surface area contributed by atoms with Crippen LogP contribution in [0.5, 0.6) is 0 Å². The molecule has 25 nitrogen and oxygen atoms in total. The van der Waals surface area contributed by atoms with Gasteiger partial charge in [0.2, 0.25) is 36.2 Å². The molecular formula is C64H93NO24. The van der Waals surface area contributed by atoms with E-state index >= 15 is 0 Å². The van der Waals surface area contributed by atoms with Crippen LogP contribution in [-0.2, 0) is 115 Å². The van der Waals surface area contributed by atoms with Crippen LogP contribution in [0.2, 0.25) is 0 Å². The van der Waals surface area contributed by atoms with E-state index < -0.39 is 171 Å². The topological polar surface area (TPSA) is 281 Å². The molecule has 89 heavy (non-hydrogen) atoms. The van der Waals surface area contributed by atoms with Crippen molar-refractivity contribution in [3.63, 3.8) is 0 Å². The Labute approximate surface area is 519 Å². The van der Waals surface area contributed by atoms with E-state index in [9.17, 15) is 28.8 Å². The Balaban J connectivity index is 0.688. The summed E-state index contributed by atoms with van der Waals surface area (Å²) >= 11 is 0. The van der Waals surface area contributed by atoms with Crippen molar-refractivity contribution in [2.45, 2.75) is 276 Å². The average molecular weight is 1260 g/mol. The first-order valence-electron chi connectivity index (χ1n) is 32.8. The van der Waals surface area contributed by atoms with Crippen molar-refractivity contribution in [1.29, 1.82) is 0 Å². The normalized spacial score (nSPS) is 46.9. The van der Waals surface area contributed by atoms with Gasteiger partial charge in [0.25, 0.3) is 5.72 Å². The Kier molecular flexibility index (Phi) is 17.6. The lowest BCUT2D eigenvalue weighted by molar-refractivity contribution is -0.586. The SMILES string of the molecule is CC(C)=NC(COC(=O)CCC(=O)O[C@@H]1OC2O[C@@]3(C)CC[C@H]4[C@H](C)CC[C@@H]([C@H]1C)[C@@]24OO3)(COC(=O)CCC(=O)O[C@@H]1OC2O[C@@]3(C)CC[C@H]4[C@H](C)CC[C@@](C)([C@H]1C)[C@@]24OO3)OC(=O)CCC(=O)O[C@@H]1O[C@@H]2O[C@]3(C)CC[C@H]4[C@H](C)CC[C@@H]([C@H]1C)[C@@]24OO3. The highest BCUT2D eigenvalue weighted by atomic mass is 17.3. The van der Waals surface area contributed by atoms with Gasteiger partial charge in [-0.3, -0.25) is 28.8 Å². The van der Waals surface area contributed by atoms with Gasteiger partial charge >= 0.3 is 35.8 Å². The third kappa shape index (κ3) is 11.5. The first kappa shape index (κ1) is 65.1. The predicted molar refractivity (Wildman–Crippen MR) is 301 cm³/mol. The number of aliphatic imine (C=N–C) groups is 1. The summed E-state index contributed by atoms with van der Waals surface area (Å²) in [7, 11) is 0. The smallest absolute Gasteiger partial charge is 0.308 e. The molecule has 15 rings (SSSR count). The highest BCUT2D eigenvalue weighted by Gasteiger charge is 2.76. The lowest BCUT2D eigenvalue weighted by Gasteiger charge is -2.65. The second-order valence-corrected chi connectivity index (χ2v) is 29.2. The van der Waals surface area contributed by atoms with Gasteiger partial charge in [-0.05, 0) is 128 Å². The van der Waals surface area contributed by atoms with E-state index in [0.29, 0.717) is 42.7 Å². The number of ether oxygens (including phenoxy) is 12. The summed E-state index contributed by atoms with van der Waals surface area (Å²) in [6, 6.07) is 0. The zero-order chi connectivity index (χ0) is 63.4. The van der Waals surface area contributed by atoms with Crippen LogP contribution in [0, 0.1) is 70.5 Å². The Morgan fingerprint density at radius 3 is 1.33 bits per heavy atom.